The first-order valence-electron chi connectivity index (χ1n) is 9.90. The van der Waals surface area contributed by atoms with Gasteiger partial charge in [0.15, 0.2) is 6.54 Å². The molecule has 4 rings (SSSR count). The van der Waals surface area contributed by atoms with Crippen LogP contribution in [0.1, 0.15) is 58.8 Å². The van der Waals surface area contributed by atoms with Crippen LogP contribution in [0.3, 0.4) is 0 Å². The van der Waals surface area contributed by atoms with Crippen LogP contribution in [0.15, 0.2) is 9.64 Å². The molecule has 2 atom stereocenters. The van der Waals surface area contributed by atoms with Crippen molar-refractivity contribution in [2.24, 2.45) is 10.8 Å². The molecule has 2 saturated heterocycles. The number of fused-ring (bicyclic) bond motifs is 2. The van der Waals surface area contributed by atoms with Crippen molar-refractivity contribution in [3.8, 4) is 0 Å². The predicted molar refractivity (Wildman–Crippen MR) is 99.9 cm³/mol. The molecule has 2 bridgehead atoms. The lowest BCUT2D eigenvalue weighted by Crippen LogP contribution is -3.08. The summed E-state index contributed by atoms with van der Waals surface area (Å²) in [7, 11) is 0. The van der Waals surface area contributed by atoms with E-state index in [1.54, 1.807) is 0 Å². The SMILES string of the molecule is CC1(C)C[C@@H]2C[C@@](C)(CN2C(=O)CSc2nnc(C[NH+]3CCCC3)o2)C1. The molecule has 0 aromatic carbocycles. The molecule has 3 heterocycles. The standard InChI is InChI=1S/C19H30N4O2S/c1-18(2)8-14-9-19(3,12-18)13-23(14)16(24)11-26-17-21-20-15(25-17)10-22-6-4-5-7-22/h14H,4-13H2,1-3H3/p+1/t14-,19-/m1/s1. The van der Waals surface area contributed by atoms with Crippen LogP contribution >= 0.6 is 11.8 Å². The van der Waals surface area contributed by atoms with E-state index in [0.717, 1.165) is 25.9 Å². The monoisotopic (exact) mass is 379 g/mol. The zero-order valence-corrected chi connectivity index (χ0v) is 17.0. The van der Waals surface area contributed by atoms with E-state index < -0.39 is 0 Å². The third-order valence-corrected chi connectivity index (χ3v) is 7.02. The van der Waals surface area contributed by atoms with Crippen molar-refractivity contribution in [2.75, 3.05) is 25.4 Å². The normalized spacial score (nSPS) is 30.9. The summed E-state index contributed by atoms with van der Waals surface area (Å²) in [4.78, 5) is 16.4. The fourth-order valence-corrected chi connectivity index (χ4v) is 6.26. The molecule has 1 aromatic heterocycles. The van der Waals surface area contributed by atoms with Gasteiger partial charge >= 0.3 is 0 Å². The van der Waals surface area contributed by atoms with Gasteiger partial charge in [-0.15, -0.1) is 10.2 Å². The number of quaternary nitrogens is 1. The van der Waals surface area contributed by atoms with E-state index in [1.165, 1.54) is 49.0 Å². The van der Waals surface area contributed by atoms with Gasteiger partial charge in [0.25, 0.3) is 11.1 Å². The number of rotatable bonds is 5. The largest absolute Gasteiger partial charge is 0.410 e. The molecule has 6 nitrogen and oxygen atoms in total. The smallest absolute Gasteiger partial charge is 0.277 e. The zero-order valence-electron chi connectivity index (χ0n) is 16.2. The van der Waals surface area contributed by atoms with Gasteiger partial charge in [-0.3, -0.25) is 4.79 Å². The van der Waals surface area contributed by atoms with Crippen molar-refractivity contribution in [1.29, 1.82) is 0 Å². The Kier molecular flexibility index (Phi) is 4.80. The maximum absolute atomic E-state index is 12.8. The fourth-order valence-electron chi connectivity index (χ4n) is 5.59. The molecule has 3 aliphatic rings. The summed E-state index contributed by atoms with van der Waals surface area (Å²) in [5, 5.41) is 8.81. The van der Waals surface area contributed by atoms with Crippen LogP contribution in [0.5, 0.6) is 0 Å². The quantitative estimate of drug-likeness (QED) is 0.790. The summed E-state index contributed by atoms with van der Waals surface area (Å²) in [6.45, 7) is 11.1. The van der Waals surface area contributed by atoms with Gasteiger partial charge in [0.05, 0.1) is 18.8 Å². The van der Waals surface area contributed by atoms with Gasteiger partial charge in [0, 0.05) is 25.4 Å². The average Bonchev–Trinajstić information content (AvgIpc) is 3.25. The highest BCUT2D eigenvalue weighted by atomic mass is 32.2. The van der Waals surface area contributed by atoms with Crippen LogP contribution in [-0.4, -0.2) is 52.4 Å². The summed E-state index contributed by atoms with van der Waals surface area (Å²) < 4.78 is 5.75. The molecule has 1 N–H and O–H groups in total. The second-order valence-corrected chi connectivity index (χ2v) is 10.5. The Bertz CT molecular complexity index is 670. The maximum atomic E-state index is 12.8. The number of thioether (sulfide) groups is 1. The number of nitrogens with zero attached hydrogens (tertiary/aromatic N) is 3. The van der Waals surface area contributed by atoms with Crippen molar-refractivity contribution in [1.82, 2.24) is 15.1 Å². The van der Waals surface area contributed by atoms with E-state index in [4.69, 9.17) is 4.42 Å². The summed E-state index contributed by atoms with van der Waals surface area (Å²) >= 11 is 1.39. The topological polar surface area (TPSA) is 63.7 Å². The van der Waals surface area contributed by atoms with Gasteiger partial charge in [-0.05, 0) is 30.1 Å². The van der Waals surface area contributed by atoms with Crippen molar-refractivity contribution >= 4 is 17.7 Å². The van der Waals surface area contributed by atoms with Gasteiger partial charge < -0.3 is 14.2 Å². The molecular formula is C19H31N4O2S+. The van der Waals surface area contributed by atoms with Gasteiger partial charge in [-0.25, -0.2) is 0 Å². The summed E-state index contributed by atoms with van der Waals surface area (Å²) in [6, 6.07) is 0.397. The molecule has 144 valence electrons. The van der Waals surface area contributed by atoms with Crippen molar-refractivity contribution in [2.45, 2.75) is 70.7 Å². The first kappa shape index (κ1) is 18.3. The molecule has 1 aliphatic carbocycles. The minimum Gasteiger partial charge on any atom is -0.410 e. The molecule has 1 aromatic rings. The maximum Gasteiger partial charge on any atom is 0.277 e. The molecule has 0 radical (unpaired) electrons. The van der Waals surface area contributed by atoms with E-state index in [2.05, 4.69) is 35.9 Å². The number of nitrogens with one attached hydrogen (secondary N) is 1. The number of amides is 1. The van der Waals surface area contributed by atoms with E-state index in [9.17, 15) is 4.79 Å². The molecule has 7 heteroatoms. The van der Waals surface area contributed by atoms with Gasteiger partial charge in [0.1, 0.15) is 0 Å². The first-order valence-corrected chi connectivity index (χ1v) is 10.9. The van der Waals surface area contributed by atoms with Crippen LogP contribution in [0.2, 0.25) is 0 Å². The Morgan fingerprint density at radius 2 is 2.04 bits per heavy atom. The number of likely N-dealkylation sites (tertiary alicyclic amines) is 2. The fraction of sp³-hybridized carbons (Fsp3) is 0.842. The van der Waals surface area contributed by atoms with E-state index in [1.807, 2.05) is 0 Å². The Morgan fingerprint density at radius 3 is 2.81 bits per heavy atom. The number of hydrogen-bond acceptors (Lipinski definition) is 5. The minimum absolute atomic E-state index is 0.214. The third-order valence-electron chi connectivity index (χ3n) is 6.21. The Hall–Kier alpha value is -1.08. The van der Waals surface area contributed by atoms with Gasteiger partial charge in [0.2, 0.25) is 5.91 Å². The molecule has 3 fully saturated rings. The van der Waals surface area contributed by atoms with E-state index in [0.29, 0.717) is 28.3 Å². The van der Waals surface area contributed by atoms with E-state index in [-0.39, 0.29) is 11.3 Å². The molecule has 1 saturated carbocycles. The molecule has 2 aliphatic heterocycles. The van der Waals surface area contributed by atoms with Crippen LogP contribution in [0, 0.1) is 10.8 Å². The highest BCUT2D eigenvalue weighted by molar-refractivity contribution is 7.99. The van der Waals surface area contributed by atoms with Crippen molar-refractivity contribution < 1.29 is 14.1 Å². The molecule has 0 unspecified atom stereocenters. The predicted octanol–water partition coefficient (Wildman–Crippen LogP) is 1.77. The van der Waals surface area contributed by atoms with Crippen LogP contribution < -0.4 is 4.90 Å². The van der Waals surface area contributed by atoms with E-state index >= 15 is 0 Å². The van der Waals surface area contributed by atoms with Crippen LogP contribution in [0.4, 0.5) is 0 Å². The minimum atomic E-state index is 0.214. The Morgan fingerprint density at radius 1 is 1.27 bits per heavy atom. The highest BCUT2D eigenvalue weighted by Gasteiger charge is 2.50. The molecule has 1 amide bonds. The number of carbonyl (C=O) groups is 1. The van der Waals surface area contributed by atoms with Crippen LogP contribution in [0.25, 0.3) is 0 Å². The van der Waals surface area contributed by atoms with Crippen LogP contribution in [-0.2, 0) is 11.3 Å². The molecule has 0 spiro atoms. The Balaban J connectivity index is 1.31. The molecular weight excluding hydrogens is 348 g/mol. The lowest BCUT2D eigenvalue weighted by atomic mass is 9.65. The number of carbonyl (C=O) groups excluding carboxylic acids is 1. The van der Waals surface area contributed by atoms with Crippen molar-refractivity contribution in [3.63, 3.8) is 0 Å². The summed E-state index contributed by atoms with van der Waals surface area (Å²) in [5.41, 5.74) is 0.613. The third kappa shape index (κ3) is 3.93. The summed E-state index contributed by atoms with van der Waals surface area (Å²) in [6.07, 6.45) is 6.04. The van der Waals surface area contributed by atoms with Gasteiger partial charge in [-0.1, -0.05) is 32.5 Å². The number of hydrogen-bond donors (Lipinski definition) is 1. The average molecular weight is 380 g/mol. The van der Waals surface area contributed by atoms with Crippen molar-refractivity contribution in [3.05, 3.63) is 5.89 Å². The second-order valence-electron chi connectivity index (χ2n) is 9.62. The number of aromatic nitrogens is 2. The highest BCUT2D eigenvalue weighted by Crippen LogP contribution is 2.52. The lowest BCUT2D eigenvalue weighted by molar-refractivity contribution is -0.902. The summed E-state index contributed by atoms with van der Waals surface area (Å²) in [5.74, 6) is 1.31. The first-order chi connectivity index (χ1) is 12.3. The van der Waals surface area contributed by atoms with Gasteiger partial charge in [-0.2, -0.15) is 0 Å². The zero-order chi connectivity index (χ0) is 18.4. The Labute approximate surface area is 160 Å². The second kappa shape index (κ2) is 6.82. The molecule has 26 heavy (non-hydrogen) atoms. The lowest BCUT2D eigenvalue weighted by Gasteiger charge is -2.39.